The third kappa shape index (κ3) is 4.09. The first-order chi connectivity index (χ1) is 12.2. The largest absolute Gasteiger partial charge is 0.350 e. The maximum absolute atomic E-state index is 12.7. The number of hydrogen-bond donors (Lipinski definition) is 1. The number of rotatable bonds is 6. The molecule has 0 radical (unpaired) electrons. The van der Waals surface area contributed by atoms with E-state index in [0.29, 0.717) is 35.5 Å². The van der Waals surface area contributed by atoms with Crippen molar-refractivity contribution in [2.24, 2.45) is 5.92 Å². The molecule has 5 nitrogen and oxygen atoms in total. The maximum Gasteiger partial charge on any atom is 0.274 e. The van der Waals surface area contributed by atoms with Gasteiger partial charge in [0.2, 0.25) is 0 Å². The first-order valence-corrected chi connectivity index (χ1v) is 9.48. The quantitative estimate of drug-likeness (QED) is 0.874. The van der Waals surface area contributed by atoms with Crippen molar-refractivity contribution >= 4 is 16.7 Å². The number of aryl methyl sites for hydroxylation is 1. The Hall–Kier alpha value is -2.17. The van der Waals surface area contributed by atoms with Crippen LogP contribution < -0.4 is 10.9 Å². The Balaban J connectivity index is 1.86. The fourth-order valence-corrected chi connectivity index (χ4v) is 3.57. The van der Waals surface area contributed by atoms with Gasteiger partial charge in [-0.05, 0) is 31.2 Å². The average molecular weight is 341 g/mol. The molecule has 1 aromatic heterocycles. The summed E-state index contributed by atoms with van der Waals surface area (Å²) in [5.74, 6) is 0.391. The molecule has 1 heterocycles. The number of aromatic nitrogens is 2. The second-order valence-electron chi connectivity index (χ2n) is 6.99. The minimum absolute atomic E-state index is 0.118. The molecule has 0 aliphatic heterocycles. The smallest absolute Gasteiger partial charge is 0.274 e. The zero-order valence-electron chi connectivity index (χ0n) is 15.0. The molecule has 3 rings (SSSR count). The van der Waals surface area contributed by atoms with Crippen LogP contribution in [0.4, 0.5) is 0 Å². The molecule has 0 saturated heterocycles. The van der Waals surface area contributed by atoms with Crippen LogP contribution in [0.15, 0.2) is 29.1 Å². The Labute approximate surface area is 148 Å². The highest BCUT2D eigenvalue weighted by Gasteiger charge is 2.19. The van der Waals surface area contributed by atoms with Crippen molar-refractivity contribution in [2.75, 3.05) is 6.54 Å². The van der Waals surface area contributed by atoms with Crippen molar-refractivity contribution in [3.63, 3.8) is 0 Å². The molecule has 2 aromatic rings. The predicted octanol–water partition coefficient (Wildman–Crippen LogP) is 3.51. The van der Waals surface area contributed by atoms with Gasteiger partial charge in [-0.2, -0.15) is 5.10 Å². The number of nitrogens with one attached hydrogen (secondary N) is 1. The van der Waals surface area contributed by atoms with Gasteiger partial charge in [-0.25, -0.2) is 4.68 Å². The normalized spacial score (nSPS) is 15.4. The molecule has 5 heteroatoms. The monoisotopic (exact) mass is 341 g/mol. The molecular formula is C20H27N3O2. The molecule has 1 aliphatic carbocycles. The Morgan fingerprint density at radius 3 is 2.64 bits per heavy atom. The van der Waals surface area contributed by atoms with Crippen LogP contribution in [0.5, 0.6) is 0 Å². The molecule has 0 bridgehead atoms. The van der Waals surface area contributed by atoms with E-state index in [9.17, 15) is 9.59 Å². The number of unbranched alkanes of at least 4 members (excludes halogenated alkanes) is 1. The van der Waals surface area contributed by atoms with Crippen LogP contribution in [0.25, 0.3) is 10.8 Å². The van der Waals surface area contributed by atoms with E-state index in [0.717, 1.165) is 12.8 Å². The number of nitrogens with zero attached hydrogens (tertiary/aromatic N) is 2. The number of fused-ring (bicyclic) bond motifs is 1. The number of amides is 1. The van der Waals surface area contributed by atoms with E-state index in [-0.39, 0.29) is 11.5 Å². The van der Waals surface area contributed by atoms with Crippen LogP contribution in [-0.4, -0.2) is 22.2 Å². The van der Waals surface area contributed by atoms with Gasteiger partial charge >= 0.3 is 0 Å². The number of hydrogen-bond acceptors (Lipinski definition) is 3. The molecule has 25 heavy (non-hydrogen) atoms. The van der Waals surface area contributed by atoms with Gasteiger partial charge in [0.1, 0.15) is 0 Å². The summed E-state index contributed by atoms with van der Waals surface area (Å²) < 4.78 is 1.45. The molecule has 1 fully saturated rings. The van der Waals surface area contributed by atoms with Crippen LogP contribution in [-0.2, 0) is 6.54 Å². The zero-order valence-corrected chi connectivity index (χ0v) is 15.0. The molecule has 1 amide bonds. The highest BCUT2D eigenvalue weighted by molar-refractivity contribution is 6.04. The van der Waals surface area contributed by atoms with Gasteiger partial charge in [0.05, 0.1) is 5.39 Å². The van der Waals surface area contributed by atoms with Crippen LogP contribution >= 0.6 is 0 Å². The van der Waals surface area contributed by atoms with E-state index in [1.807, 2.05) is 18.2 Å². The molecule has 1 N–H and O–H groups in total. The summed E-state index contributed by atoms with van der Waals surface area (Å²) in [4.78, 5) is 25.3. The first kappa shape index (κ1) is 17.6. The van der Waals surface area contributed by atoms with Crippen molar-refractivity contribution in [3.05, 3.63) is 40.3 Å². The fourth-order valence-electron chi connectivity index (χ4n) is 3.57. The first-order valence-electron chi connectivity index (χ1n) is 9.48. The van der Waals surface area contributed by atoms with Gasteiger partial charge in [0, 0.05) is 18.5 Å². The number of carbonyl (C=O) groups excluding carboxylic acids is 1. The Morgan fingerprint density at radius 2 is 1.92 bits per heavy atom. The lowest BCUT2D eigenvalue weighted by Crippen LogP contribution is -2.33. The standard InChI is InChI=1S/C20H27N3O2/c1-2-3-13-23-20(25)17-12-8-7-11-16(17)18(22-23)19(24)21-14-15-9-5-4-6-10-15/h7-8,11-12,15H,2-6,9-10,13-14H2,1H3,(H,21,24). The molecule has 1 aliphatic rings. The van der Waals surface area contributed by atoms with Gasteiger partial charge in [0.15, 0.2) is 5.69 Å². The van der Waals surface area contributed by atoms with Crippen molar-refractivity contribution in [1.29, 1.82) is 0 Å². The van der Waals surface area contributed by atoms with E-state index in [4.69, 9.17) is 0 Å². The Kier molecular flexibility index (Phi) is 5.84. The minimum Gasteiger partial charge on any atom is -0.350 e. The highest BCUT2D eigenvalue weighted by Crippen LogP contribution is 2.23. The van der Waals surface area contributed by atoms with E-state index in [1.165, 1.54) is 36.8 Å². The van der Waals surface area contributed by atoms with Gasteiger partial charge in [-0.3, -0.25) is 9.59 Å². The van der Waals surface area contributed by atoms with E-state index in [2.05, 4.69) is 17.3 Å². The summed E-state index contributed by atoms with van der Waals surface area (Å²) in [6.45, 7) is 3.32. The second kappa shape index (κ2) is 8.28. The summed E-state index contributed by atoms with van der Waals surface area (Å²) >= 11 is 0. The van der Waals surface area contributed by atoms with Crippen LogP contribution in [0.3, 0.4) is 0 Å². The van der Waals surface area contributed by atoms with Gasteiger partial charge in [-0.15, -0.1) is 0 Å². The van der Waals surface area contributed by atoms with Crippen LogP contribution in [0, 0.1) is 5.92 Å². The summed E-state index contributed by atoms with van der Waals surface area (Å²) in [5.41, 5.74) is 0.245. The molecule has 0 atom stereocenters. The summed E-state index contributed by atoms with van der Waals surface area (Å²) in [5, 5.41) is 8.65. The van der Waals surface area contributed by atoms with Crippen molar-refractivity contribution in [1.82, 2.24) is 15.1 Å². The van der Waals surface area contributed by atoms with Crippen LogP contribution in [0.2, 0.25) is 0 Å². The Bertz CT molecular complexity index is 791. The van der Waals surface area contributed by atoms with Crippen molar-refractivity contribution < 1.29 is 4.79 Å². The highest BCUT2D eigenvalue weighted by atomic mass is 16.2. The number of carbonyl (C=O) groups is 1. The summed E-state index contributed by atoms with van der Waals surface area (Å²) in [6.07, 6.45) is 8.03. The lowest BCUT2D eigenvalue weighted by Gasteiger charge is -2.21. The third-order valence-corrected chi connectivity index (χ3v) is 5.08. The van der Waals surface area contributed by atoms with Crippen LogP contribution in [0.1, 0.15) is 62.4 Å². The van der Waals surface area contributed by atoms with Gasteiger partial charge in [0.25, 0.3) is 11.5 Å². The lowest BCUT2D eigenvalue weighted by molar-refractivity contribution is 0.0938. The summed E-state index contributed by atoms with van der Waals surface area (Å²) in [7, 11) is 0. The fraction of sp³-hybridized carbons (Fsp3) is 0.550. The van der Waals surface area contributed by atoms with Crippen molar-refractivity contribution in [3.8, 4) is 0 Å². The maximum atomic E-state index is 12.7. The SMILES string of the molecule is CCCCn1nc(C(=O)NCC2CCCCC2)c2ccccc2c1=O. The van der Waals surface area contributed by atoms with Crippen molar-refractivity contribution in [2.45, 2.75) is 58.4 Å². The molecule has 1 saturated carbocycles. The van der Waals surface area contributed by atoms with Gasteiger partial charge in [-0.1, -0.05) is 50.8 Å². The second-order valence-corrected chi connectivity index (χ2v) is 6.99. The molecule has 1 aromatic carbocycles. The Morgan fingerprint density at radius 1 is 1.20 bits per heavy atom. The minimum atomic E-state index is -0.174. The zero-order chi connectivity index (χ0) is 17.6. The predicted molar refractivity (Wildman–Crippen MR) is 99.8 cm³/mol. The van der Waals surface area contributed by atoms with E-state index >= 15 is 0 Å². The molecule has 0 unspecified atom stereocenters. The van der Waals surface area contributed by atoms with Gasteiger partial charge < -0.3 is 5.32 Å². The molecule has 0 spiro atoms. The molecular weight excluding hydrogens is 314 g/mol. The number of benzene rings is 1. The lowest BCUT2D eigenvalue weighted by atomic mass is 9.89. The summed E-state index contributed by atoms with van der Waals surface area (Å²) in [6, 6.07) is 7.26. The third-order valence-electron chi connectivity index (χ3n) is 5.08. The molecule has 134 valence electrons. The van der Waals surface area contributed by atoms with E-state index in [1.54, 1.807) is 6.07 Å². The van der Waals surface area contributed by atoms with E-state index < -0.39 is 0 Å². The topological polar surface area (TPSA) is 64.0 Å². The average Bonchev–Trinajstić information content (AvgIpc) is 2.66.